The molecule has 0 saturated heterocycles. The van der Waals surface area contributed by atoms with Crippen LogP contribution in [0.3, 0.4) is 0 Å². The maximum absolute atomic E-state index is 11.9. The molecule has 6 heteroatoms. The molecule has 1 amide bonds. The Hall–Kier alpha value is -1.85. The van der Waals surface area contributed by atoms with Gasteiger partial charge in [0.1, 0.15) is 11.8 Å². The molecule has 1 heterocycles. The van der Waals surface area contributed by atoms with Crippen LogP contribution in [0.2, 0.25) is 0 Å². The molecule has 0 spiro atoms. The highest BCUT2D eigenvalue weighted by Gasteiger charge is 2.27. The van der Waals surface area contributed by atoms with Crippen LogP contribution in [0.5, 0.6) is 0 Å². The quantitative estimate of drug-likeness (QED) is 0.801. The zero-order valence-corrected chi connectivity index (χ0v) is 10.8. The van der Waals surface area contributed by atoms with Crippen molar-refractivity contribution < 1.29 is 19.1 Å². The fraction of sp³-hybridized carbons (Fsp3) is 0.583. The van der Waals surface area contributed by atoms with E-state index in [1.807, 2.05) is 13.8 Å². The van der Waals surface area contributed by atoms with E-state index in [0.717, 1.165) is 0 Å². The lowest BCUT2D eigenvalue weighted by molar-refractivity contribution is -0.140. The van der Waals surface area contributed by atoms with Crippen LogP contribution in [-0.4, -0.2) is 28.0 Å². The molecular formula is C12H18N2O4. The van der Waals surface area contributed by atoms with Crippen LogP contribution in [0, 0.1) is 5.92 Å². The summed E-state index contributed by atoms with van der Waals surface area (Å²) in [7, 11) is 0. The molecule has 0 radical (unpaired) electrons. The molecule has 1 aromatic rings. The molecule has 2 atom stereocenters. The summed E-state index contributed by atoms with van der Waals surface area (Å²) in [4.78, 5) is 26.8. The van der Waals surface area contributed by atoms with Gasteiger partial charge in [-0.2, -0.15) is 0 Å². The summed E-state index contributed by atoms with van der Waals surface area (Å²) in [6.07, 6.45) is 2.38. The molecule has 0 bridgehead atoms. The molecule has 6 nitrogen and oxygen atoms in total. The number of hydrogen-bond acceptors (Lipinski definition) is 4. The molecule has 0 fully saturated rings. The molecule has 0 aliphatic rings. The van der Waals surface area contributed by atoms with Crippen LogP contribution in [0.15, 0.2) is 10.8 Å². The van der Waals surface area contributed by atoms with Crippen LogP contribution in [-0.2, 0) is 11.2 Å². The second kappa shape index (κ2) is 6.18. The minimum Gasteiger partial charge on any atom is -0.480 e. The number of aryl methyl sites for hydroxylation is 1. The Labute approximate surface area is 105 Å². The maximum atomic E-state index is 11.9. The van der Waals surface area contributed by atoms with Gasteiger partial charge in [0, 0.05) is 6.42 Å². The number of carbonyl (C=O) groups is 2. The van der Waals surface area contributed by atoms with Crippen LogP contribution in [0.1, 0.15) is 43.4 Å². The first kappa shape index (κ1) is 14.2. The van der Waals surface area contributed by atoms with E-state index in [2.05, 4.69) is 10.3 Å². The first-order chi connectivity index (χ1) is 8.51. The maximum Gasteiger partial charge on any atom is 0.326 e. The lowest BCUT2D eigenvalue weighted by atomic mass is 9.99. The monoisotopic (exact) mass is 254 g/mol. The van der Waals surface area contributed by atoms with E-state index in [9.17, 15) is 9.59 Å². The first-order valence-corrected chi connectivity index (χ1v) is 5.97. The van der Waals surface area contributed by atoms with E-state index in [4.69, 9.17) is 9.52 Å². The predicted octanol–water partition coefficient (Wildman–Crippen LogP) is 1.47. The Kier molecular flexibility index (Phi) is 4.88. The van der Waals surface area contributed by atoms with Crippen molar-refractivity contribution in [3.05, 3.63) is 17.8 Å². The Bertz CT molecular complexity index is 427. The third-order valence-electron chi connectivity index (χ3n) is 2.94. The van der Waals surface area contributed by atoms with Crippen molar-refractivity contribution in [2.45, 2.75) is 39.7 Å². The van der Waals surface area contributed by atoms with Gasteiger partial charge in [0.25, 0.3) is 5.91 Å². The molecule has 2 N–H and O–H groups in total. The van der Waals surface area contributed by atoms with Crippen LogP contribution in [0.4, 0.5) is 0 Å². The largest absolute Gasteiger partial charge is 0.480 e. The van der Waals surface area contributed by atoms with Crippen molar-refractivity contribution in [2.24, 2.45) is 5.92 Å². The van der Waals surface area contributed by atoms with Crippen molar-refractivity contribution in [1.29, 1.82) is 0 Å². The second-order valence-electron chi connectivity index (χ2n) is 4.15. The molecule has 1 rings (SSSR count). The van der Waals surface area contributed by atoms with E-state index < -0.39 is 17.9 Å². The number of nitrogens with one attached hydrogen (secondary N) is 1. The highest BCUT2D eigenvalue weighted by atomic mass is 16.4. The number of amides is 1. The van der Waals surface area contributed by atoms with Gasteiger partial charge in [-0.15, -0.1) is 0 Å². The standard InChI is InChI=1S/C12H18N2O4/c1-4-7(3)9(12(16)17)14-11(15)10-8(5-2)18-6-13-10/h6-7,9H,4-5H2,1-3H3,(H,14,15)(H,16,17)/t7-,9-/m0/s1. The van der Waals surface area contributed by atoms with Crippen molar-refractivity contribution >= 4 is 11.9 Å². The molecule has 18 heavy (non-hydrogen) atoms. The highest BCUT2D eigenvalue weighted by Crippen LogP contribution is 2.11. The summed E-state index contributed by atoms with van der Waals surface area (Å²) in [5, 5.41) is 11.6. The fourth-order valence-electron chi connectivity index (χ4n) is 1.60. The van der Waals surface area contributed by atoms with Gasteiger partial charge in [0.2, 0.25) is 0 Å². The molecule has 0 saturated carbocycles. The van der Waals surface area contributed by atoms with Crippen molar-refractivity contribution in [3.8, 4) is 0 Å². The van der Waals surface area contributed by atoms with E-state index in [-0.39, 0.29) is 11.6 Å². The molecule has 0 unspecified atom stereocenters. The smallest absolute Gasteiger partial charge is 0.326 e. The van der Waals surface area contributed by atoms with Crippen molar-refractivity contribution in [2.75, 3.05) is 0 Å². The highest BCUT2D eigenvalue weighted by molar-refractivity contribution is 5.95. The number of nitrogens with zero attached hydrogens (tertiary/aromatic N) is 1. The summed E-state index contributed by atoms with van der Waals surface area (Å²) in [6.45, 7) is 5.49. The number of hydrogen-bond donors (Lipinski definition) is 2. The fourth-order valence-corrected chi connectivity index (χ4v) is 1.60. The van der Waals surface area contributed by atoms with Crippen molar-refractivity contribution in [3.63, 3.8) is 0 Å². The van der Waals surface area contributed by atoms with Crippen LogP contribution >= 0.6 is 0 Å². The van der Waals surface area contributed by atoms with Gasteiger partial charge in [0.05, 0.1) is 0 Å². The molecule has 100 valence electrons. The summed E-state index contributed by atoms with van der Waals surface area (Å²) >= 11 is 0. The number of carboxylic acid groups (broad SMARTS) is 1. The van der Waals surface area contributed by atoms with E-state index >= 15 is 0 Å². The molecule has 0 aliphatic carbocycles. The minimum absolute atomic E-state index is 0.150. The van der Waals surface area contributed by atoms with Gasteiger partial charge >= 0.3 is 5.97 Å². The van der Waals surface area contributed by atoms with Crippen molar-refractivity contribution in [1.82, 2.24) is 10.3 Å². The Morgan fingerprint density at radius 3 is 2.67 bits per heavy atom. The summed E-state index contributed by atoms with van der Waals surface area (Å²) in [5.41, 5.74) is 0.159. The summed E-state index contributed by atoms with van der Waals surface area (Å²) in [5.74, 6) is -1.24. The number of carboxylic acids is 1. The molecular weight excluding hydrogens is 236 g/mol. The van der Waals surface area contributed by atoms with E-state index in [1.165, 1.54) is 6.39 Å². The summed E-state index contributed by atoms with van der Waals surface area (Å²) < 4.78 is 5.04. The lowest BCUT2D eigenvalue weighted by Gasteiger charge is -2.19. The number of oxazole rings is 1. The minimum atomic E-state index is -1.04. The van der Waals surface area contributed by atoms with Gasteiger partial charge in [-0.1, -0.05) is 27.2 Å². The third kappa shape index (κ3) is 3.09. The zero-order chi connectivity index (χ0) is 13.7. The Balaban J connectivity index is 2.82. The molecule has 0 aromatic carbocycles. The lowest BCUT2D eigenvalue weighted by Crippen LogP contribution is -2.45. The summed E-state index contributed by atoms with van der Waals surface area (Å²) in [6, 6.07) is -0.913. The average molecular weight is 254 g/mol. The molecule has 0 aliphatic heterocycles. The number of rotatable bonds is 6. The second-order valence-corrected chi connectivity index (χ2v) is 4.15. The Morgan fingerprint density at radius 2 is 2.17 bits per heavy atom. The molecule has 1 aromatic heterocycles. The van der Waals surface area contributed by atoms with Gasteiger partial charge in [0.15, 0.2) is 12.1 Å². The number of aromatic nitrogens is 1. The first-order valence-electron chi connectivity index (χ1n) is 5.97. The zero-order valence-electron chi connectivity index (χ0n) is 10.8. The third-order valence-corrected chi connectivity index (χ3v) is 2.94. The van der Waals surface area contributed by atoms with Crippen LogP contribution < -0.4 is 5.32 Å². The van der Waals surface area contributed by atoms with Gasteiger partial charge in [-0.25, -0.2) is 9.78 Å². The number of aliphatic carboxylic acids is 1. The van der Waals surface area contributed by atoms with E-state index in [1.54, 1.807) is 6.92 Å². The van der Waals surface area contributed by atoms with E-state index in [0.29, 0.717) is 18.6 Å². The van der Waals surface area contributed by atoms with Gasteiger partial charge < -0.3 is 14.8 Å². The topological polar surface area (TPSA) is 92.4 Å². The Morgan fingerprint density at radius 1 is 1.50 bits per heavy atom. The van der Waals surface area contributed by atoms with Crippen LogP contribution in [0.25, 0.3) is 0 Å². The normalized spacial score (nSPS) is 13.9. The average Bonchev–Trinajstić information content (AvgIpc) is 2.82. The predicted molar refractivity (Wildman–Crippen MR) is 64.2 cm³/mol. The van der Waals surface area contributed by atoms with Gasteiger partial charge in [-0.05, 0) is 5.92 Å². The van der Waals surface area contributed by atoms with Gasteiger partial charge in [-0.3, -0.25) is 4.79 Å². The number of carbonyl (C=O) groups excluding carboxylic acids is 1. The SMILES string of the molecule is CCc1ocnc1C(=O)N[C@H](C(=O)O)[C@@H](C)CC.